The van der Waals surface area contributed by atoms with E-state index in [0.29, 0.717) is 54.5 Å². The van der Waals surface area contributed by atoms with Gasteiger partial charge >= 0.3 is 0 Å². The van der Waals surface area contributed by atoms with Crippen molar-refractivity contribution in [3.05, 3.63) is 88.7 Å². The molecule has 1 N–H and O–H groups in total. The van der Waals surface area contributed by atoms with E-state index in [1.54, 1.807) is 11.0 Å². The Morgan fingerprint density at radius 2 is 1.69 bits per heavy atom. The van der Waals surface area contributed by atoms with Crippen LogP contribution in [0.25, 0.3) is 0 Å². The van der Waals surface area contributed by atoms with Gasteiger partial charge in [0.1, 0.15) is 5.82 Å². The molecule has 3 aromatic carbocycles. The molecule has 0 radical (unpaired) electrons. The van der Waals surface area contributed by atoms with Gasteiger partial charge in [-0.1, -0.05) is 18.2 Å². The lowest BCUT2D eigenvalue weighted by Gasteiger charge is -2.45. The number of benzene rings is 3. The van der Waals surface area contributed by atoms with Crippen molar-refractivity contribution in [1.29, 1.82) is 0 Å². The number of carbonyl (C=O) groups excluding carboxylic acids is 2. The fourth-order valence-corrected chi connectivity index (χ4v) is 5.11. The number of amides is 2. The van der Waals surface area contributed by atoms with E-state index >= 15 is 0 Å². The molecule has 2 aliphatic rings. The minimum absolute atomic E-state index is 0.0890. The van der Waals surface area contributed by atoms with Crippen molar-refractivity contribution in [1.82, 2.24) is 4.90 Å². The lowest BCUT2D eigenvalue weighted by molar-refractivity contribution is -0.119. The van der Waals surface area contributed by atoms with Gasteiger partial charge in [-0.3, -0.25) is 9.59 Å². The van der Waals surface area contributed by atoms with Gasteiger partial charge in [0.2, 0.25) is 5.91 Å². The summed E-state index contributed by atoms with van der Waals surface area (Å²) >= 11 is 0. The normalized spacial score (nSPS) is 18.3. The molecule has 3 aromatic rings. The molecule has 0 bridgehead atoms. The van der Waals surface area contributed by atoms with Gasteiger partial charge in [0.15, 0.2) is 11.5 Å². The van der Waals surface area contributed by atoms with Crippen LogP contribution in [0, 0.1) is 5.82 Å². The molecule has 0 fully saturated rings. The van der Waals surface area contributed by atoms with Gasteiger partial charge < -0.3 is 19.7 Å². The third kappa shape index (κ3) is 4.11. The first kappa shape index (κ1) is 22.9. The molecule has 0 aromatic heterocycles. The van der Waals surface area contributed by atoms with Crippen LogP contribution in [0.3, 0.4) is 0 Å². The average molecular weight is 475 g/mol. The summed E-state index contributed by atoms with van der Waals surface area (Å²) < 4.78 is 25.1. The van der Waals surface area contributed by atoms with Crippen LogP contribution in [0.5, 0.6) is 11.5 Å². The Balaban J connectivity index is 1.63. The molecule has 2 amide bonds. The quantitative estimate of drug-likeness (QED) is 0.540. The van der Waals surface area contributed by atoms with Crippen LogP contribution in [0.1, 0.15) is 52.9 Å². The molecule has 7 heteroatoms. The van der Waals surface area contributed by atoms with E-state index < -0.39 is 12.0 Å². The van der Waals surface area contributed by atoms with Crippen LogP contribution in [0.15, 0.2) is 60.7 Å². The molecule has 0 spiro atoms. The highest BCUT2D eigenvalue weighted by molar-refractivity contribution is 6.04. The Labute approximate surface area is 203 Å². The first-order chi connectivity index (χ1) is 17.0. The number of rotatable bonds is 6. The summed E-state index contributed by atoms with van der Waals surface area (Å²) in [6.45, 7) is 5.28. The lowest BCUT2D eigenvalue weighted by atomic mass is 9.75. The number of anilines is 1. The van der Waals surface area contributed by atoms with E-state index in [1.165, 1.54) is 24.3 Å². The van der Waals surface area contributed by atoms with Crippen molar-refractivity contribution in [3.8, 4) is 11.5 Å². The van der Waals surface area contributed by atoms with Gasteiger partial charge in [-0.15, -0.1) is 0 Å². The summed E-state index contributed by atoms with van der Waals surface area (Å²) in [5.74, 6) is -0.117. The highest BCUT2D eigenvalue weighted by atomic mass is 19.1. The van der Waals surface area contributed by atoms with Crippen LogP contribution in [-0.2, 0) is 11.2 Å². The Morgan fingerprint density at radius 3 is 2.40 bits per heavy atom. The number of nitrogens with zero attached hydrogens (tertiary/aromatic N) is 1. The van der Waals surface area contributed by atoms with Crippen LogP contribution in [0.4, 0.5) is 10.1 Å². The molecule has 2 atom stereocenters. The summed E-state index contributed by atoms with van der Waals surface area (Å²) in [5, 5.41) is 2.93. The third-order valence-electron chi connectivity index (χ3n) is 6.58. The molecule has 2 heterocycles. The summed E-state index contributed by atoms with van der Waals surface area (Å²) in [6, 6.07) is 16.3. The summed E-state index contributed by atoms with van der Waals surface area (Å²) in [5.41, 5.74) is 3.62. The molecular formula is C28H27FN2O4. The molecule has 0 saturated heterocycles. The van der Waals surface area contributed by atoms with E-state index in [0.717, 1.165) is 11.1 Å². The van der Waals surface area contributed by atoms with Crippen molar-refractivity contribution in [3.63, 3.8) is 0 Å². The minimum Gasteiger partial charge on any atom is -0.490 e. The van der Waals surface area contributed by atoms with E-state index in [2.05, 4.69) is 5.32 Å². The maximum absolute atomic E-state index is 13.8. The van der Waals surface area contributed by atoms with Crippen molar-refractivity contribution < 1.29 is 23.5 Å². The first-order valence-electron chi connectivity index (χ1n) is 11.9. The topological polar surface area (TPSA) is 67.9 Å². The zero-order valence-electron chi connectivity index (χ0n) is 19.7. The molecule has 0 unspecified atom stereocenters. The molecule has 6 nitrogen and oxygen atoms in total. The standard InChI is InChI=1S/C28H27FN2O4/c1-3-34-23-15-17-13-14-31-26(22(17)16-24(23)35-4-2)25(20-7-5-6-8-21(20)28(31)33)27(32)30-19-11-9-18(29)10-12-19/h5-12,15-16,25-26H,3-4,13-14H2,1-2H3,(H,30,32)/t25-,26+/m0/s1. The Kier molecular flexibility index (Phi) is 6.16. The molecule has 5 rings (SSSR count). The number of fused-ring (bicyclic) bond motifs is 4. The molecule has 35 heavy (non-hydrogen) atoms. The second-order valence-electron chi connectivity index (χ2n) is 8.62. The summed E-state index contributed by atoms with van der Waals surface area (Å²) in [7, 11) is 0. The predicted molar refractivity (Wildman–Crippen MR) is 130 cm³/mol. The largest absolute Gasteiger partial charge is 0.490 e. The Morgan fingerprint density at radius 1 is 1.00 bits per heavy atom. The average Bonchev–Trinajstić information content (AvgIpc) is 2.86. The summed E-state index contributed by atoms with van der Waals surface area (Å²) in [4.78, 5) is 29.1. The van der Waals surface area contributed by atoms with Gasteiger partial charge in [0.25, 0.3) is 5.91 Å². The van der Waals surface area contributed by atoms with Gasteiger partial charge in [0.05, 0.1) is 25.2 Å². The monoisotopic (exact) mass is 474 g/mol. The van der Waals surface area contributed by atoms with Crippen molar-refractivity contribution in [2.75, 3.05) is 25.1 Å². The second-order valence-corrected chi connectivity index (χ2v) is 8.62. The lowest BCUT2D eigenvalue weighted by Crippen LogP contribution is -2.49. The smallest absolute Gasteiger partial charge is 0.254 e. The maximum Gasteiger partial charge on any atom is 0.254 e. The van der Waals surface area contributed by atoms with Crippen molar-refractivity contribution in [2.45, 2.75) is 32.2 Å². The molecule has 180 valence electrons. The van der Waals surface area contributed by atoms with E-state index in [-0.39, 0.29) is 17.6 Å². The van der Waals surface area contributed by atoms with Gasteiger partial charge in [-0.05, 0) is 79.4 Å². The van der Waals surface area contributed by atoms with Crippen molar-refractivity contribution >= 4 is 17.5 Å². The molecule has 2 aliphatic heterocycles. The molecule has 0 aliphatic carbocycles. The number of nitrogens with one attached hydrogen (secondary N) is 1. The van der Waals surface area contributed by atoms with Crippen LogP contribution >= 0.6 is 0 Å². The first-order valence-corrected chi connectivity index (χ1v) is 11.9. The predicted octanol–water partition coefficient (Wildman–Crippen LogP) is 5.10. The zero-order chi connectivity index (χ0) is 24.5. The van der Waals surface area contributed by atoms with E-state index in [4.69, 9.17) is 9.47 Å². The number of hydrogen-bond donors (Lipinski definition) is 1. The fraction of sp³-hybridized carbons (Fsp3) is 0.286. The molecular weight excluding hydrogens is 447 g/mol. The third-order valence-corrected chi connectivity index (χ3v) is 6.58. The molecule has 0 saturated carbocycles. The SMILES string of the molecule is CCOc1cc2c(cc1OCC)[C@@H]1[C@@H](C(=O)Nc3ccc(F)cc3)c3ccccc3C(=O)N1CC2. The second kappa shape index (κ2) is 9.41. The van der Waals surface area contributed by atoms with Crippen LogP contribution in [-0.4, -0.2) is 36.5 Å². The number of ether oxygens (including phenoxy) is 2. The minimum atomic E-state index is -0.652. The van der Waals surface area contributed by atoms with E-state index in [1.807, 2.05) is 44.2 Å². The van der Waals surface area contributed by atoms with E-state index in [9.17, 15) is 14.0 Å². The van der Waals surface area contributed by atoms with Crippen molar-refractivity contribution in [2.24, 2.45) is 0 Å². The highest BCUT2D eigenvalue weighted by Crippen LogP contribution is 2.48. The maximum atomic E-state index is 13.8. The summed E-state index contributed by atoms with van der Waals surface area (Å²) in [6.07, 6.45) is 0.651. The number of carbonyl (C=O) groups is 2. The fourth-order valence-electron chi connectivity index (χ4n) is 5.11. The zero-order valence-corrected chi connectivity index (χ0v) is 19.7. The van der Waals surface area contributed by atoms with Gasteiger partial charge in [-0.25, -0.2) is 4.39 Å². The Hall–Kier alpha value is -3.87. The van der Waals surface area contributed by atoms with Crippen LogP contribution in [0.2, 0.25) is 0 Å². The van der Waals surface area contributed by atoms with Crippen LogP contribution < -0.4 is 14.8 Å². The van der Waals surface area contributed by atoms with Gasteiger partial charge in [-0.2, -0.15) is 0 Å². The Bertz CT molecular complexity index is 1270. The number of halogens is 1. The van der Waals surface area contributed by atoms with Gasteiger partial charge in [0, 0.05) is 17.8 Å². The number of hydrogen-bond acceptors (Lipinski definition) is 4. The highest BCUT2D eigenvalue weighted by Gasteiger charge is 2.46.